The highest BCUT2D eigenvalue weighted by Crippen LogP contribution is 2.42. The second kappa shape index (κ2) is 9.19. The zero-order chi connectivity index (χ0) is 23.6. The van der Waals surface area contributed by atoms with Gasteiger partial charge in [0.25, 0.3) is 5.91 Å². The molecule has 0 bridgehead atoms. The molecule has 2 heterocycles. The number of amides is 1. The van der Waals surface area contributed by atoms with E-state index in [4.69, 9.17) is 10.5 Å². The average Bonchev–Trinajstić information content (AvgIpc) is 2.79. The Morgan fingerprint density at radius 2 is 2.15 bits per heavy atom. The van der Waals surface area contributed by atoms with Crippen LogP contribution in [-0.4, -0.2) is 28.2 Å². The SMILES string of the molecule is COc1cnc(C(=O)Nc2ccc(F)c([C@]3(C)C=C(C4=CC=CC(C)C4)SC(N)=N3)c2)cn1. The summed E-state index contributed by atoms with van der Waals surface area (Å²) >= 11 is 1.38. The Kier molecular flexibility index (Phi) is 6.33. The van der Waals surface area contributed by atoms with Crippen LogP contribution in [0.5, 0.6) is 5.88 Å². The first-order chi connectivity index (χ1) is 15.8. The van der Waals surface area contributed by atoms with Gasteiger partial charge in [0, 0.05) is 16.2 Å². The number of hydrogen-bond acceptors (Lipinski definition) is 7. The summed E-state index contributed by atoms with van der Waals surface area (Å²) in [6.45, 7) is 3.95. The van der Waals surface area contributed by atoms with E-state index in [-0.39, 0.29) is 5.69 Å². The molecule has 33 heavy (non-hydrogen) atoms. The molecular weight excluding hydrogens is 441 g/mol. The Balaban J connectivity index is 1.64. The van der Waals surface area contributed by atoms with E-state index in [1.165, 1.54) is 43.4 Å². The number of hydrogen-bond donors (Lipinski definition) is 2. The molecule has 1 amide bonds. The van der Waals surface area contributed by atoms with E-state index in [2.05, 4.69) is 39.4 Å². The number of nitrogens with one attached hydrogen (secondary N) is 1. The highest BCUT2D eigenvalue weighted by atomic mass is 32.2. The molecule has 2 aromatic rings. The van der Waals surface area contributed by atoms with Crippen molar-refractivity contribution in [2.75, 3.05) is 12.4 Å². The summed E-state index contributed by atoms with van der Waals surface area (Å²) in [4.78, 5) is 26.1. The molecule has 2 aliphatic rings. The first-order valence-electron chi connectivity index (χ1n) is 10.4. The number of anilines is 1. The van der Waals surface area contributed by atoms with Crippen molar-refractivity contribution in [1.82, 2.24) is 9.97 Å². The number of ether oxygens (including phenoxy) is 1. The van der Waals surface area contributed by atoms with Gasteiger partial charge in [-0.3, -0.25) is 4.79 Å². The Bertz CT molecular complexity index is 1210. The van der Waals surface area contributed by atoms with Crippen LogP contribution in [-0.2, 0) is 5.54 Å². The molecular formula is C24H24FN5O2S. The third-order valence-corrected chi connectivity index (χ3v) is 6.30. The molecule has 0 fully saturated rings. The van der Waals surface area contributed by atoms with Crippen molar-refractivity contribution < 1.29 is 13.9 Å². The number of aromatic nitrogens is 2. The standard InChI is InChI=1S/C24H24FN5O2S/c1-14-5-4-6-15(9-14)20-11-24(2,30-23(26)33-20)17-10-16(7-8-18(17)25)29-22(31)19-12-28-21(32-3)13-27-19/h4-8,10-14H,9H2,1-3H3,(H2,26,30)(H,29,31)/t14?,24-/m0/s1. The summed E-state index contributed by atoms with van der Waals surface area (Å²) in [6.07, 6.45) is 11.7. The fourth-order valence-electron chi connectivity index (χ4n) is 3.73. The molecule has 3 N–H and O–H groups in total. The largest absolute Gasteiger partial charge is 0.480 e. The highest BCUT2D eigenvalue weighted by Gasteiger charge is 2.33. The highest BCUT2D eigenvalue weighted by molar-refractivity contribution is 8.17. The Morgan fingerprint density at radius 3 is 2.85 bits per heavy atom. The van der Waals surface area contributed by atoms with E-state index in [1.54, 1.807) is 13.0 Å². The lowest BCUT2D eigenvalue weighted by molar-refractivity contribution is 0.102. The Labute approximate surface area is 195 Å². The predicted octanol–water partition coefficient (Wildman–Crippen LogP) is 4.56. The van der Waals surface area contributed by atoms with Crippen LogP contribution in [0.4, 0.5) is 10.1 Å². The number of rotatable bonds is 5. The van der Waals surface area contributed by atoms with Gasteiger partial charge in [-0.25, -0.2) is 19.4 Å². The molecule has 2 atom stereocenters. The lowest BCUT2D eigenvalue weighted by Gasteiger charge is -2.30. The zero-order valence-corrected chi connectivity index (χ0v) is 19.3. The lowest BCUT2D eigenvalue weighted by Crippen LogP contribution is -2.27. The molecule has 7 nitrogen and oxygen atoms in total. The summed E-state index contributed by atoms with van der Waals surface area (Å²) in [7, 11) is 1.46. The minimum atomic E-state index is -1.03. The first kappa shape index (κ1) is 22.7. The number of carbonyl (C=O) groups excluding carboxylic acids is 1. The van der Waals surface area contributed by atoms with Crippen LogP contribution in [0, 0.1) is 11.7 Å². The number of halogens is 1. The summed E-state index contributed by atoms with van der Waals surface area (Å²) < 4.78 is 19.9. The van der Waals surface area contributed by atoms with Gasteiger partial charge in [0.15, 0.2) is 5.17 Å². The number of aliphatic imine (C=N–C) groups is 1. The molecule has 4 rings (SSSR count). The molecule has 1 aliphatic heterocycles. The molecule has 1 unspecified atom stereocenters. The van der Waals surface area contributed by atoms with Gasteiger partial charge in [-0.1, -0.05) is 36.9 Å². The lowest BCUT2D eigenvalue weighted by atomic mass is 9.88. The van der Waals surface area contributed by atoms with Gasteiger partial charge in [-0.05, 0) is 49.1 Å². The molecule has 0 saturated heterocycles. The van der Waals surface area contributed by atoms with E-state index in [9.17, 15) is 9.18 Å². The molecule has 9 heteroatoms. The van der Waals surface area contributed by atoms with Crippen molar-refractivity contribution in [2.45, 2.75) is 25.8 Å². The quantitative estimate of drug-likeness (QED) is 0.671. The van der Waals surface area contributed by atoms with Crippen molar-refractivity contribution in [2.24, 2.45) is 16.6 Å². The number of carbonyl (C=O) groups is 1. The molecule has 170 valence electrons. The van der Waals surface area contributed by atoms with Crippen molar-refractivity contribution >= 4 is 28.5 Å². The number of benzene rings is 1. The maximum atomic E-state index is 15.0. The predicted molar refractivity (Wildman–Crippen MR) is 129 cm³/mol. The third kappa shape index (κ3) is 4.98. The maximum absolute atomic E-state index is 15.0. The van der Waals surface area contributed by atoms with Crippen molar-refractivity contribution in [1.29, 1.82) is 0 Å². The monoisotopic (exact) mass is 465 g/mol. The third-order valence-electron chi connectivity index (χ3n) is 5.40. The average molecular weight is 466 g/mol. The fourth-order valence-corrected chi connectivity index (χ4v) is 4.76. The van der Waals surface area contributed by atoms with Crippen LogP contribution < -0.4 is 15.8 Å². The second-order valence-electron chi connectivity index (χ2n) is 8.06. The normalized spacial score (nSPS) is 22.2. The van der Waals surface area contributed by atoms with E-state index in [1.807, 2.05) is 12.2 Å². The van der Waals surface area contributed by atoms with Gasteiger partial charge in [-0.15, -0.1) is 0 Å². The zero-order valence-electron chi connectivity index (χ0n) is 18.5. The van der Waals surface area contributed by atoms with E-state index in [0.29, 0.717) is 28.2 Å². The number of amidine groups is 1. The number of nitrogens with two attached hydrogens (primary N) is 1. The van der Waals surface area contributed by atoms with Crippen LogP contribution >= 0.6 is 11.8 Å². The molecule has 0 radical (unpaired) electrons. The Morgan fingerprint density at radius 1 is 1.33 bits per heavy atom. The van der Waals surface area contributed by atoms with Crippen LogP contribution in [0.15, 0.2) is 70.4 Å². The van der Waals surface area contributed by atoms with Crippen LogP contribution in [0.3, 0.4) is 0 Å². The summed E-state index contributed by atoms with van der Waals surface area (Å²) in [6, 6.07) is 4.37. The minimum absolute atomic E-state index is 0.109. The van der Waals surface area contributed by atoms with Crippen molar-refractivity contribution in [3.63, 3.8) is 0 Å². The maximum Gasteiger partial charge on any atom is 0.275 e. The van der Waals surface area contributed by atoms with E-state index >= 15 is 0 Å². The summed E-state index contributed by atoms with van der Waals surface area (Å²) in [5.41, 5.74) is 7.10. The smallest absolute Gasteiger partial charge is 0.275 e. The number of thioether (sulfide) groups is 1. The van der Waals surface area contributed by atoms with Gasteiger partial charge >= 0.3 is 0 Å². The Hall–Kier alpha value is -3.46. The molecule has 1 aromatic carbocycles. The number of nitrogens with zero attached hydrogens (tertiary/aromatic N) is 3. The summed E-state index contributed by atoms with van der Waals surface area (Å²) in [5.74, 6) is -0.201. The van der Waals surface area contributed by atoms with Gasteiger partial charge in [-0.2, -0.15) is 0 Å². The molecule has 1 aliphatic carbocycles. The van der Waals surface area contributed by atoms with E-state index < -0.39 is 17.3 Å². The molecule has 0 saturated carbocycles. The van der Waals surface area contributed by atoms with Gasteiger partial charge in [0.2, 0.25) is 5.88 Å². The van der Waals surface area contributed by atoms with Crippen molar-refractivity contribution in [3.05, 3.63) is 82.4 Å². The van der Waals surface area contributed by atoms with Gasteiger partial charge in [0.05, 0.1) is 19.5 Å². The fraction of sp³-hybridized carbons (Fsp3) is 0.250. The number of allylic oxidation sites excluding steroid dienone is 4. The topological polar surface area (TPSA) is 102 Å². The van der Waals surface area contributed by atoms with Gasteiger partial charge < -0.3 is 15.8 Å². The number of methoxy groups -OCH3 is 1. The molecule has 1 aromatic heterocycles. The van der Waals surface area contributed by atoms with Crippen LogP contribution in [0.2, 0.25) is 0 Å². The van der Waals surface area contributed by atoms with Gasteiger partial charge in [0.1, 0.15) is 17.1 Å². The van der Waals surface area contributed by atoms with Crippen LogP contribution in [0.25, 0.3) is 0 Å². The summed E-state index contributed by atoms with van der Waals surface area (Å²) in [5, 5.41) is 3.10. The van der Waals surface area contributed by atoms with E-state index in [0.717, 1.165) is 16.9 Å². The van der Waals surface area contributed by atoms with Crippen LogP contribution in [0.1, 0.15) is 36.3 Å². The minimum Gasteiger partial charge on any atom is -0.480 e. The first-order valence-corrected chi connectivity index (χ1v) is 11.2. The van der Waals surface area contributed by atoms with Crippen molar-refractivity contribution in [3.8, 4) is 5.88 Å². The second-order valence-corrected chi connectivity index (χ2v) is 9.12. The molecule has 0 spiro atoms.